The Balaban J connectivity index is 1.95. The molecule has 0 aromatic carbocycles. The van der Waals surface area contributed by atoms with Crippen LogP contribution in [0.15, 0.2) is 10.7 Å². The minimum absolute atomic E-state index is 0.299. The second-order valence-electron chi connectivity index (χ2n) is 4.91. The van der Waals surface area contributed by atoms with Gasteiger partial charge in [0, 0.05) is 25.2 Å². The average Bonchev–Trinajstić information content (AvgIpc) is 2.37. The van der Waals surface area contributed by atoms with Gasteiger partial charge in [-0.2, -0.15) is 4.98 Å². The molecule has 0 N–H and O–H groups in total. The van der Waals surface area contributed by atoms with Gasteiger partial charge in [0.05, 0.1) is 6.61 Å². The Hall–Kier alpha value is -0.680. The highest BCUT2D eigenvalue weighted by atomic mass is 79.9. The molecule has 0 amide bonds. The van der Waals surface area contributed by atoms with Gasteiger partial charge >= 0.3 is 0 Å². The van der Waals surface area contributed by atoms with Crippen molar-refractivity contribution in [1.82, 2.24) is 9.97 Å². The van der Waals surface area contributed by atoms with E-state index in [-0.39, 0.29) is 0 Å². The molecule has 2 rings (SSSR count). The number of halogens is 1. The smallest absolute Gasteiger partial charge is 0.217 e. The number of rotatable bonds is 4. The van der Waals surface area contributed by atoms with Crippen LogP contribution in [0.25, 0.3) is 0 Å². The predicted octanol–water partition coefficient (Wildman–Crippen LogP) is 3.17. The summed E-state index contributed by atoms with van der Waals surface area (Å²) in [6, 6.07) is 1.82. The summed E-state index contributed by atoms with van der Waals surface area (Å²) >= 11 is 3.40. The lowest BCUT2D eigenvalue weighted by molar-refractivity contribution is 0.0489. The van der Waals surface area contributed by atoms with Crippen LogP contribution in [0.2, 0.25) is 0 Å². The molecule has 100 valence electrons. The molecule has 0 bridgehead atoms. The molecule has 0 unspecified atom stereocenters. The molecule has 5 heteroatoms. The Kier molecular flexibility index (Phi) is 4.95. The van der Waals surface area contributed by atoms with Gasteiger partial charge in [-0.15, -0.1) is 0 Å². The highest BCUT2D eigenvalue weighted by Gasteiger charge is 2.15. The topological polar surface area (TPSA) is 44.2 Å². The van der Waals surface area contributed by atoms with E-state index in [0.29, 0.717) is 24.3 Å². The molecular formula is C13H19BrN2O2. The Morgan fingerprint density at radius 1 is 1.39 bits per heavy atom. The summed E-state index contributed by atoms with van der Waals surface area (Å²) in [5.41, 5.74) is 0. The molecule has 0 aliphatic carbocycles. The van der Waals surface area contributed by atoms with Crippen LogP contribution in [0.1, 0.15) is 38.4 Å². The summed E-state index contributed by atoms with van der Waals surface area (Å²) in [5, 5.41) is 0. The first-order valence-corrected chi connectivity index (χ1v) is 7.19. The maximum atomic E-state index is 5.78. The minimum atomic E-state index is 0.299. The van der Waals surface area contributed by atoms with E-state index in [9.17, 15) is 0 Å². The van der Waals surface area contributed by atoms with Crippen molar-refractivity contribution in [2.75, 3.05) is 19.8 Å². The molecule has 1 aromatic rings. The molecule has 1 aliphatic heterocycles. The minimum Gasteiger partial charge on any atom is -0.477 e. The third-order valence-corrected chi connectivity index (χ3v) is 3.42. The van der Waals surface area contributed by atoms with Gasteiger partial charge in [0.15, 0.2) is 0 Å². The number of hydrogen-bond acceptors (Lipinski definition) is 4. The highest BCUT2D eigenvalue weighted by molar-refractivity contribution is 9.10. The first-order chi connectivity index (χ1) is 8.65. The van der Waals surface area contributed by atoms with Crippen LogP contribution < -0.4 is 4.74 Å². The first-order valence-electron chi connectivity index (χ1n) is 6.40. The quantitative estimate of drug-likeness (QED) is 0.801. The third-order valence-electron chi connectivity index (χ3n) is 3.01. The van der Waals surface area contributed by atoms with Gasteiger partial charge in [0.1, 0.15) is 10.4 Å². The van der Waals surface area contributed by atoms with Gasteiger partial charge in [-0.1, -0.05) is 13.8 Å². The molecular weight excluding hydrogens is 296 g/mol. The van der Waals surface area contributed by atoms with Crippen LogP contribution in [0.4, 0.5) is 0 Å². The molecule has 0 spiro atoms. The largest absolute Gasteiger partial charge is 0.477 e. The number of ether oxygens (including phenoxy) is 2. The third kappa shape index (κ3) is 3.92. The molecule has 4 nitrogen and oxygen atoms in total. The molecule has 1 saturated heterocycles. The molecule has 1 aromatic heterocycles. The first kappa shape index (κ1) is 13.7. The van der Waals surface area contributed by atoms with Gasteiger partial charge in [-0.05, 0) is 34.7 Å². The Bertz CT molecular complexity index is 393. The fourth-order valence-electron chi connectivity index (χ4n) is 1.86. The van der Waals surface area contributed by atoms with Crippen LogP contribution in [-0.2, 0) is 4.74 Å². The van der Waals surface area contributed by atoms with Gasteiger partial charge < -0.3 is 9.47 Å². The lowest BCUT2D eigenvalue weighted by Crippen LogP contribution is -2.21. The number of nitrogens with zero attached hydrogens (tertiary/aromatic N) is 2. The Labute approximate surface area is 116 Å². The van der Waals surface area contributed by atoms with Gasteiger partial charge in [0.2, 0.25) is 5.88 Å². The van der Waals surface area contributed by atoms with Crippen molar-refractivity contribution in [2.24, 2.45) is 5.92 Å². The Morgan fingerprint density at radius 3 is 2.78 bits per heavy atom. The summed E-state index contributed by atoms with van der Waals surface area (Å²) in [4.78, 5) is 8.76. The predicted molar refractivity (Wildman–Crippen MR) is 72.9 cm³/mol. The van der Waals surface area contributed by atoms with E-state index in [1.165, 1.54) is 0 Å². The maximum Gasteiger partial charge on any atom is 0.217 e. The maximum absolute atomic E-state index is 5.78. The number of hydrogen-bond donors (Lipinski definition) is 0. The van der Waals surface area contributed by atoms with Crippen LogP contribution in [-0.4, -0.2) is 29.8 Å². The van der Waals surface area contributed by atoms with Crippen molar-refractivity contribution in [2.45, 2.75) is 32.6 Å². The summed E-state index contributed by atoms with van der Waals surface area (Å²) in [7, 11) is 0. The van der Waals surface area contributed by atoms with E-state index in [2.05, 4.69) is 39.7 Å². The van der Waals surface area contributed by atoms with E-state index in [1.54, 1.807) is 0 Å². The van der Waals surface area contributed by atoms with Crippen LogP contribution in [0, 0.1) is 5.92 Å². The van der Waals surface area contributed by atoms with Crippen molar-refractivity contribution < 1.29 is 9.47 Å². The van der Waals surface area contributed by atoms with E-state index < -0.39 is 0 Å². The van der Waals surface area contributed by atoms with Crippen molar-refractivity contribution in [3.8, 4) is 5.88 Å². The van der Waals surface area contributed by atoms with Crippen molar-refractivity contribution in [1.29, 1.82) is 0 Å². The van der Waals surface area contributed by atoms with E-state index in [0.717, 1.165) is 36.5 Å². The van der Waals surface area contributed by atoms with Gasteiger partial charge in [-0.25, -0.2) is 4.98 Å². The van der Waals surface area contributed by atoms with Crippen molar-refractivity contribution >= 4 is 15.9 Å². The second kappa shape index (κ2) is 6.48. The van der Waals surface area contributed by atoms with Crippen molar-refractivity contribution in [3.05, 3.63) is 16.5 Å². The lowest BCUT2D eigenvalue weighted by Gasteiger charge is -2.21. The highest BCUT2D eigenvalue weighted by Crippen LogP contribution is 2.21. The zero-order chi connectivity index (χ0) is 13.0. The van der Waals surface area contributed by atoms with Gasteiger partial charge in [0.25, 0.3) is 0 Å². The second-order valence-corrected chi connectivity index (χ2v) is 5.72. The zero-order valence-electron chi connectivity index (χ0n) is 10.9. The summed E-state index contributed by atoms with van der Waals surface area (Å²) in [6.07, 6.45) is 2.15. The lowest BCUT2D eigenvalue weighted by atomic mass is 10.0. The summed E-state index contributed by atoms with van der Waals surface area (Å²) in [6.45, 7) is 6.55. The molecule has 0 atom stereocenters. The Morgan fingerprint density at radius 2 is 2.11 bits per heavy atom. The molecule has 1 fully saturated rings. The fraction of sp³-hybridized carbons (Fsp3) is 0.692. The fourth-order valence-corrected chi connectivity index (χ4v) is 2.24. The van der Waals surface area contributed by atoms with Crippen LogP contribution in [0.3, 0.4) is 0 Å². The monoisotopic (exact) mass is 314 g/mol. The van der Waals surface area contributed by atoms with E-state index in [4.69, 9.17) is 9.47 Å². The van der Waals surface area contributed by atoms with E-state index in [1.807, 2.05) is 6.07 Å². The molecule has 18 heavy (non-hydrogen) atoms. The SMILES string of the molecule is CC(C)c1nc(Br)cc(OCC2CCOCC2)n1. The van der Waals surface area contributed by atoms with Crippen molar-refractivity contribution in [3.63, 3.8) is 0 Å². The normalized spacial score (nSPS) is 17.1. The molecule has 1 aliphatic rings. The molecule has 0 saturated carbocycles. The summed E-state index contributed by atoms with van der Waals surface area (Å²) in [5.74, 6) is 2.35. The van der Waals surface area contributed by atoms with Crippen LogP contribution >= 0.6 is 15.9 Å². The molecule has 0 radical (unpaired) electrons. The molecule has 2 heterocycles. The summed E-state index contributed by atoms with van der Waals surface area (Å²) < 4.78 is 11.9. The van der Waals surface area contributed by atoms with Crippen LogP contribution in [0.5, 0.6) is 5.88 Å². The van der Waals surface area contributed by atoms with E-state index >= 15 is 0 Å². The zero-order valence-corrected chi connectivity index (χ0v) is 12.4. The average molecular weight is 315 g/mol. The number of aromatic nitrogens is 2. The standard InChI is InChI=1S/C13H19BrN2O2/c1-9(2)13-15-11(14)7-12(16-13)18-8-10-3-5-17-6-4-10/h7,9-10H,3-6,8H2,1-2H3. The van der Waals surface area contributed by atoms with Gasteiger partial charge in [-0.3, -0.25) is 0 Å².